The fraction of sp³-hybridized carbons (Fsp3) is 0. The average molecular weight is 409 g/mol. The minimum atomic E-state index is -0.141. The number of carbonyl (C=O) groups is 1. The Morgan fingerprint density at radius 1 is 0.962 bits per heavy atom. The molecule has 1 aromatic rings. The van der Waals surface area contributed by atoms with Gasteiger partial charge in [0.1, 0.15) is 17.7 Å². The molecule has 4 rings (SSSR count). The van der Waals surface area contributed by atoms with Gasteiger partial charge in [-0.25, -0.2) is 0 Å². The quantitative estimate of drug-likeness (QED) is 0.416. The summed E-state index contributed by atoms with van der Waals surface area (Å²) in [7, 11) is 0. The summed E-state index contributed by atoms with van der Waals surface area (Å²) in [6.45, 7) is 0. The van der Waals surface area contributed by atoms with Gasteiger partial charge in [0.05, 0.1) is 8.47 Å². The van der Waals surface area contributed by atoms with Gasteiger partial charge in [-0.15, -0.1) is 0 Å². The van der Waals surface area contributed by atoms with Gasteiger partial charge in [-0.3, -0.25) is 4.79 Å². The molecule has 3 aliphatic rings. The van der Waals surface area contributed by atoms with Crippen molar-refractivity contribution in [2.45, 2.75) is 0 Å². The van der Waals surface area contributed by atoms with Crippen molar-refractivity contribution in [2.75, 3.05) is 0 Å². The van der Waals surface area contributed by atoms with Crippen LogP contribution in [0.25, 0.3) is 5.57 Å². The van der Waals surface area contributed by atoms with Gasteiger partial charge in [0.25, 0.3) is 0 Å². The molecule has 2 aliphatic heterocycles. The fourth-order valence-corrected chi connectivity index (χ4v) is 7.09. The zero-order valence-electron chi connectivity index (χ0n) is 13.1. The van der Waals surface area contributed by atoms with Crippen LogP contribution in [-0.2, 0) is 0 Å². The minimum absolute atomic E-state index is 0.0320. The molecule has 0 aromatic heterocycles. The lowest BCUT2D eigenvalue weighted by atomic mass is 9.99. The van der Waals surface area contributed by atoms with Crippen LogP contribution < -0.4 is 0 Å². The lowest BCUT2D eigenvalue weighted by molar-refractivity contribution is 0.104. The summed E-state index contributed by atoms with van der Waals surface area (Å²) in [5.74, 6) is -0.141. The highest BCUT2D eigenvalue weighted by molar-refractivity contribution is 8.33. The smallest absolute Gasteiger partial charge is 0.194 e. The van der Waals surface area contributed by atoms with Crippen LogP contribution in [0.5, 0.6) is 0 Å². The largest absolute Gasteiger partial charge is 0.289 e. The van der Waals surface area contributed by atoms with Crippen molar-refractivity contribution in [1.82, 2.24) is 0 Å². The number of hydrogen-bond acceptors (Lipinski definition) is 7. The van der Waals surface area contributed by atoms with E-state index in [0.717, 1.165) is 4.91 Å². The zero-order chi connectivity index (χ0) is 18.1. The Morgan fingerprint density at radius 3 is 2.35 bits per heavy atom. The topological polar surface area (TPSA) is 64.7 Å². The van der Waals surface area contributed by atoms with E-state index in [1.807, 2.05) is 23.6 Å². The van der Waals surface area contributed by atoms with Crippen LogP contribution in [0.4, 0.5) is 0 Å². The lowest BCUT2D eigenvalue weighted by Gasteiger charge is -2.03. The maximum atomic E-state index is 12.9. The SMILES string of the molecule is N#CC(C#N)=C1/C(=C/C2=CSC(=C3SC=CS3)S2)C(=O)c2ccccc21. The molecule has 7 heteroatoms. The molecular weight excluding hydrogens is 400 g/mol. The van der Waals surface area contributed by atoms with Crippen LogP contribution in [0.1, 0.15) is 15.9 Å². The number of carbonyl (C=O) groups excluding carboxylic acids is 1. The molecule has 0 unspecified atom stereocenters. The molecule has 0 atom stereocenters. The average Bonchev–Trinajstić information content (AvgIpc) is 3.39. The first-order valence-corrected chi connectivity index (χ1v) is 10.9. The Bertz CT molecular complexity index is 1050. The third-order valence-electron chi connectivity index (χ3n) is 3.78. The van der Waals surface area contributed by atoms with Crippen molar-refractivity contribution >= 4 is 58.4 Å². The van der Waals surface area contributed by atoms with Gasteiger partial charge < -0.3 is 0 Å². The molecule has 1 aliphatic carbocycles. The zero-order valence-corrected chi connectivity index (χ0v) is 16.3. The summed E-state index contributed by atoms with van der Waals surface area (Å²) >= 11 is 6.63. The van der Waals surface area contributed by atoms with Gasteiger partial charge in [-0.05, 0) is 27.9 Å². The second-order valence-electron chi connectivity index (χ2n) is 5.23. The molecule has 0 saturated heterocycles. The molecule has 0 amide bonds. The number of nitriles is 2. The second kappa shape index (κ2) is 7.30. The summed E-state index contributed by atoms with van der Waals surface area (Å²) in [4.78, 5) is 13.8. The molecule has 0 radical (unpaired) electrons. The number of benzene rings is 1. The van der Waals surface area contributed by atoms with E-state index in [0.29, 0.717) is 22.3 Å². The summed E-state index contributed by atoms with van der Waals surface area (Å²) < 4.78 is 2.42. The number of allylic oxidation sites excluding steroid dienone is 4. The second-order valence-corrected chi connectivity index (χ2v) is 9.54. The summed E-state index contributed by atoms with van der Waals surface area (Å²) in [5, 5.41) is 24.8. The van der Waals surface area contributed by atoms with E-state index < -0.39 is 0 Å². The van der Waals surface area contributed by atoms with E-state index >= 15 is 0 Å². The third kappa shape index (κ3) is 2.98. The molecule has 0 N–H and O–H groups in total. The molecule has 26 heavy (non-hydrogen) atoms. The van der Waals surface area contributed by atoms with Gasteiger partial charge in [0, 0.05) is 21.6 Å². The number of hydrogen-bond donors (Lipinski definition) is 0. The van der Waals surface area contributed by atoms with Gasteiger partial charge in [-0.1, -0.05) is 71.3 Å². The highest BCUT2D eigenvalue weighted by Crippen LogP contribution is 2.54. The normalized spacial score (nSPS) is 19.6. The van der Waals surface area contributed by atoms with E-state index in [-0.39, 0.29) is 11.4 Å². The summed E-state index contributed by atoms with van der Waals surface area (Å²) in [6.07, 6.45) is 1.80. The van der Waals surface area contributed by atoms with Crippen LogP contribution in [0, 0.1) is 22.7 Å². The number of Topliss-reactive ketones (excluding diaryl/α,β-unsaturated/α-hetero) is 1. The van der Waals surface area contributed by atoms with Crippen LogP contribution in [0.3, 0.4) is 0 Å². The lowest BCUT2D eigenvalue weighted by Crippen LogP contribution is -1.96. The standard InChI is InChI=1S/C19H8N2OS4/c20-8-11(9-21)16-13-3-1-2-4-14(13)17(22)15(16)7-12-10-25-19(26-12)18-23-5-6-24-18/h1-7,10H/b15-7-. The molecule has 0 spiro atoms. The van der Waals surface area contributed by atoms with Crippen LogP contribution >= 0.6 is 47.0 Å². The van der Waals surface area contributed by atoms with Gasteiger partial charge >= 0.3 is 0 Å². The molecule has 3 nitrogen and oxygen atoms in total. The highest BCUT2D eigenvalue weighted by Gasteiger charge is 2.32. The predicted molar refractivity (Wildman–Crippen MR) is 112 cm³/mol. The molecule has 2 heterocycles. The van der Waals surface area contributed by atoms with Gasteiger partial charge in [0.2, 0.25) is 0 Å². The van der Waals surface area contributed by atoms with Crippen molar-refractivity contribution in [3.8, 4) is 12.1 Å². The number of ketones is 1. The molecule has 124 valence electrons. The first kappa shape index (κ1) is 17.4. The Hall–Kier alpha value is -2.03. The monoisotopic (exact) mass is 408 g/mol. The van der Waals surface area contributed by atoms with Crippen molar-refractivity contribution < 1.29 is 4.79 Å². The molecule has 0 fully saturated rings. The number of thioether (sulfide) groups is 4. The number of nitrogens with zero attached hydrogens (tertiary/aromatic N) is 2. The maximum Gasteiger partial charge on any atom is 0.194 e. The Balaban J connectivity index is 1.77. The van der Waals surface area contributed by atoms with E-state index in [1.54, 1.807) is 71.3 Å². The molecule has 1 aromatic carbocycles. The number of fused-ring (bicyclic) bond motifs is 1. The molecular formula is C19H8N2OS4. The fourth-order valence-electron chi connectivity index (χ4n) is 2.71. The third-order valence-corrected chi connectivity index (χ3v) is 8.77. The first-order valence-electron chi connectivity index (χ1n) is 7.41. The Morgan fingerprint density at radius 2 is 1.65 bits per heavy atom. The Kier molecular flexibility index (Phi) is 4.88. The van der Waals surface area contributed by atoms with E-state index in [9.17, 15) is 15.3 Å². The van der Waals surface area contributed by atoms with E-state index in [1.165, 1.54) is 8.47 Å². The van der Waals surface area contributed by atoms with E-state index in [4.69, 9.17) is 0 Å². The maximum absolute atomic E-state index is 12.9. The molecule has 0 saturated carbocycles. The van der Waals surface area contributed by atoms with Crippen LogP contribution in [0.2, 0.25) is 0 Å². The minimum Gasteiger partial charge on any atom is -0.289 e. The Labute approximate surface area is 167 Å². The van der Waals surface area contributed by atoms with Crippen LogP contribution in [0.15, 0.2) is 71.1 Å². The van der Waals surface area contributed by atoms with E-state index in [2.05, 4.69) is 10.8 Å². The number of rotatable bonds is 1. The van der Waals surface area contributed by atoms with Crippen molar-refractivity contribution in [2.24, 2.45) is 0 Å². The summed E-state index contributed by atoms with van der Waals surface area (Å²) in [5.41, 5.74) is 2.02. The van der Waals surface area contributed by atoms with Gasteiger partial charge in [0.15, 0.2) is 5.78 Å². The van der Waals surface area contributed by atoms with Crippen molar-refractivity contribution in [3.63, 3.8) is 0 Å². The summed E-state index contributed by atoms with van der Waals surface area (Å²) in [6, 6.07) is 11.0. The van der Waals surface area contributed by atoms with Crippen molar-refractivity contribution in [3.05, 3.63) is 82.2 Å². The van der Waals surface area contributed by atoms with Crippen molar-refractivity contribution in [1.29, 1.82) is 10.5 Å². The predicted octanol–water partition coefficient (Wildman–Crippen LogP) is 6.01. The van der Waals surface area contributed by atoms with Crippen LogP contribution in [-0.4, -0.2) is 5.78 Å². The first-order chi connectivity index (χ1) is 12.7. The van der Waals surface area contributed by atoms with Gasteiger partial charge in [-0.2, -0.15) is 10.5 Å². The molecule has 0 bridgehead atoms. The highest BCUT2D eigenvalue weighted by atomic mass is 32.2.